The zero-order valence-electron chi connectivity index (χ0n) is 24.3. The Bertz CT molecular complexity index is 1090. The van der Waals surface area contributed by atoms with Gasteiger partial charge in [0, 0.05) is 6.20 Å². The predicted octanol–water partition coefficient (Wildman–Crippen LogP) is 4.62. The molecule has 1 aromatic rings. The average Bonchev–Trinajstić information content (AvgIpc) is 3.14. The molecule has 1 aromatic heterocycles. The van der Waals surface area contributed by atoms with Crippen molar-refractivity contribution in [2.75, 3.05) is 18.9 Å². The Morgan fingerprint density at radius 1 is 1.16 bits per heavy atom. The summed E-state index contributed by atoms with van der Waals surface area (Å²) in [5, 5.41) is 0. The van der Waals surface area contributed by atoms with Gasteiger partial charge in [0.2, 0.25) is 0 Å². The normalized spacial score (nSPS) is 26.7. The maximum absolute atomic E-state index is 13.1. The van der Waals surface area contributed by atoms with Crippen molar-refractivity contribution < 1.29 is 22.4 Å². The predicted molar refractivity (Wildman–Crippen MR) is 153 cm³/mol. The molecule has 0 amide bonds. The summed E-state index contributed by atoms with van der Waals surface area (Å²) >= 11 is 0. The Balaban J connectivity index is 2.18. The Kier molecular flexibility index (Phi) is 9.84. The van der Waals surface area contributed by atoms with Gasteiger partial charge in [-0.1, -0.05) is 67.4 Å². The van der Waals surface area contributed by atoms with Crippen LogP contribution in [0, 0.1) is 11.8 Å². The molecule has 0 aromatic carbocycles. The van der Waals surface area contributed by atoms with Crippen LogP contribution in [-0.2, 0) is 22.4 Å². The van der Waals surface area contributed by atoms with E-state index in [4.69, 9.17) is 28.2 Å². The monoisotopic (exact) mass is 563 g/mol. The molecule has 212 valence electrons. The first-order chi connectivity index (χ1) is 17.8. The smallest absolute Gasteiger partial charge is 0.351 e. The van der Waals surface area contributed by atoms with Gasteiger partial charge in [-0.25, -0.2) is 4.79 Å². The Morgan fingerprint density at radius 3 is 2.29 bits per heavy atom. The molecule has 0 bridgehead atoms. The van der Waals surface area contributed by atoms with E-state index in [9.17, 15) is 4.79 Å². The third-order valence-corrected chi connectivity index (χ3v) is 17.8. The number of rotatable bonds is 8. The van der Waals surface area contributed by atoms with Crippen LogP contribution in [0.25, 0.3) is 0 Å². The van der Waals surface area contributed by atoms with Crippen molar-refractivity contribution in [3.63, 3.8) is 0 Å². The molecular weight excluding hydrogens is 518 g/mol. The van der Waals surface area contributed by atoms with E-state index < -0.39 is 47.4 Å². The first kappa shape index (κ1) is 30.8. The molecule has 0 spiro atoms. The fraction of sp³-hybridized carbons (Fsp3) is 0.704. The lowest BCUT2D eigenvalue weighted by Gasteiger charge is -2.51. The van der Waals surface area contributed by atoms with Crippen molar-refractivity contribution in [1.29, 1.82) is 0 Å². The minimum Gasteiger partial charge on any atom is -0.414 e. The molecule has 38 heavy (non-hydrogen) atoms. The summed E-state index contributed by atoms with van der Waals surface area (Å²) < 4.78 is 35.6. The Morgan fingerprint density at radius 2 is 1.76 bits per heavy atom. The lowest BCUT2D eigenvalue weighted by atomic mass is 10.1. The number of hydrogen-bond acceptors (Lipinski definition) is 8. The maximum Gasteiger partial charge on any atom is 0.351 e. The van der Waals surface area contributed by atoms with Gasteiger partial charge in [-0.2, -0.15) is 4.98 Å². The minimum atomic E-state index is -2.92. The number of nitrogens with zero attached hydrogens (tertiary/aromatic N) is 2. The first-order valence-corrected chi connectivity index (χ1v) is 17.5. The Hall–Kier alpha value is -1.79. The molecule has 0 aliphatic carbocycles. The summed E-state index contributed by atoms with van der Waals surface area (Å²) in [4.78, 5) is 17.1. The lowest BCUT2D eigenvalue weighted by molar-refractivity contribution is -0.0682. The topological polar surface area (TPSA) is 107 Å². The second-order valence-corrected chi connectivity index (χ2v) is 20.2. The van der Waals surface area contributed by atoms with Crippen LogP contribution in [0.1, 0.15) is 74.1 Å². The number of aromatic nitrogens is 2. The molecule has 4 atom stereocenters. The van der Waals surface area contributed by atoms with E-state index in [1.54, 1.807) is 19.2 Å². The van der Waals surface area contributed by atoms with Gasteiger partial charge in [-0.3, -0.25) is 4.57 Å². The van der Waals surface area contributed by atoms with Crippen molar-refractivity contribution >= 4 is 22.9 Å². The van der Waals surface area contributed by atoms with Crippen LogP contribution in [0.3, 0.4) is 0 Å². The van der Waals surface area contributed by atoms with E-state index in [2.05, 4.69) is 78.8 Å². The molecular formula is C27H45N3O6Si2. The number of anilines is 1. The van der Waals surface area contributed by atoms with Gasteiger partial charge in [-0.05, 0) is 29.1 Å². The van der Waals surface area contributed by atoms with Crippen LogP contribution in [0.4, 0.5) is 5.82 Å². The summed E-state index contributed by atoms with van der Waals surface area (Å²) in [5.41, 5.74) is 6.56. The van der Waals surface area contributed by atoms with Crippen LogP contribution in [0.15, 0.2) is 23.6 Å². The highest BCUT2D eigenvalue weighted by Crippen LogP contribution is 2.48. The molecule has 3 heterocycles. The summed E-state index contributed by atoms with van der Waals surface area (Å²) in [6.07, 6.45) is 0.815. The van der Waals surface area contributed by atoms with Crippen LogP contribution < -0.4 is 11.4 Å². The summed E-state index contributed by atoms with van der Waals surface area (Å²) in [6, 6.07) is 0. The molecule has 0 saturated carbocycles. The Labute approximate surface area is 229 Å². The molecule has 2 aliphatic rings. The molecule has 9 nitrogen and oxygen atoms in total. The first-order valence-electron chi connectivity index (χ1n) is 13.6. The molecule has 11 heteroatoms. The van der Waals surface area contributed by atoms with Crippen molar-refractivity contribution in [3.05, 3.63) is 34.9 Å². The standard InChI is InChI=1S/C27H45N3O6Si2/c1-11-13-21-15-30(27(31)29-25(21)28)26-24(32-14-12-2)23-22(34-26)16-33-37(17(3)4,18(5)6)36-38(35-23,19(7)8)20(9)10/h12,15,17-20,22-24,26H,2,14,16H2,1,3-10H3,(H2,28,29,31). The second-order valence-electron chi connectivity index (χ2n) is 11.3. The quantitative estimate of drug-likeness (QED) is 0.277. The van der Waals surface area contributed by atoms with E-state index >= 15 is 0 Å². The zero-order valence-corrected chi connectivity index (χ0v) is 26.3. The van der Waals surface area contributed by atoms with Crippen molar-refractivity contribution in [2.24, 2.45) is 0 Å². The number of hydrogen-bond donors (Lipinski definition) is 1. The number of fused-ring (bicyclic) bond motifs is 1. The van der Waals surface area contributed by atoms with E-state index in [1.807, 2.05) is 0 Å². The number of nitrogen functional groups attached to an aromatic ring is 1. The van der Waals surface area contributed by atoms with Gasteiger partial charge in [0.15, 0.2) is 6.23 Å². The van der Waals surface area contributed by atoms with E-state index in [-0.39, 0.29) is 41.2 Å². The van der Waals surface area contributed by atoms with E-state index in [1.165, 1.54) is 4.57 Å². The average molecular weight is 564 g/mol. The summed E-state index contributed by atoms with van der Waals surface area (Å²) in [7, 11) is -5.66. The maximum atomic E-state index is 13.1. The third-order valence-electron chi connectivity index (χ3n) is 7.54. The summed E-state index contributed by atoms with van der Waals surface area (Å²) in [6.45, 7) is 23.4. The van der Waals surface area contributed by atoms with Gasteiger partial charge in [0.25, 0.3) is 0 Å². The van der Waals surface area contributed by atoms with Crippen LogP contribution in [0.5, 0.6) is 0 Å². The second kappa shape index (κ2) is 12.2. The molecule has 2 N–H and O–H groups in total. The van der Waals surface area contributed by atoms with Crippen LogP contribution in [-0.4, -0.2) is 58.2 Å². The van der Waals surface area contributed by atoms with Gasteiger partial charge >= 0.3 is 22.8 Å². The molecule has 3 rings (SSSR count). The van der Waals surface area contributed by atoms with Gasteiger partial charge in [0.05, 0.1) is 18.8 Å². The molecule has 0 radical (unpaired) electrons. The number of nitrogens with two attached hydrogens (primary N) is 1. The van der Waals surface area contributed by atoms with Gasteiger partial charge in [-0.15, -0.1) is 12.5 Å². The van der Waals surface area contributed by atoms with Gasteiger partial charge in [0.1, 0.15) is 24.1 Å². The fourth-order valence-electron chi connectivity index (χ4n) is 5.60. The SMILES string of the molecule is C=CCOC1C2O[Si](C(C)C)(C(C)C)O[Si](C(C)C)(C(C)C)OCC2OC1n1cc(C#CC)c(N)nc1=O. The van der Waals surface area contributed by atoms with Crippen molar-refractivity contribution in [1.82, 2.24) is 9.55 Å². The highest BCUT2D eigenvalue weighted by Gasteiger charge is 2.62. The fourth-order valence-corrected chi connectivity index (χ4v) is 16.8. The molecule has 2 saturated heterocycles. The number of ether oxygens (including phenoxy) is 2. The largest absolute Gasteiger partial charge is 0.414 e. The zero-order chi connectivity index (χ0) is 28.4. The molecule has 2 fully saturated rings. The third kappa shape index (κ3) is 5.58. The van der Waals surface area contributed by atoms with Crippen molar-refractivity contribution in [3.8, 4) is 11.8 Å². The summed E-state index contributed by atoms with van der Waals surface area (Å²) in [5.74, 6) is 5.81. The minimum absolute atomic E-state index is 0.0804. The van der Waals surface area contributed by atoms with Crippen molar-refractivity contribution in [2.45, 2.75) is 109 Å². The highest BCUT2D eigenvalue weighted by atomic mass is 28.5. The van der Waals surface area contributed by atoms with Crippen LogP contribution in [0.2, 0.25) is 22.2 Å². The lowest BCUT2D eigenvalue weighted by Crippen LogP contribution is -2.66. The van der Waals surface area contributed by atoms with E-state index in [0.29, 0.717) is 5.56 Å². The highest BCUT2D eigenvalue weighted by molar-refractivity contribution is 6.84. The molecule has 4 unspecified atom stereocenters. The molecule has 2 aliphatic heterocycles. The van der Waals surface area contributed by atoms with Crippen LogP contribution >= 0.6 is 0 Å². The van der Waals surface area contributed by atoms with E-state index in [0.717, 1.165) is 0 Å². The van der Waals surface area contributed by atoms with Gasteiger partial charge < -0.3 is 28.2 Å².